The predicted octanol–water partition coefficient (Wildman–Crippen LogP) is 2.82. The number of amides is 1. The Labute approximate surface area is 136 Å². The summed E-state index contributed by atoms with van der Waals surface area (Å²) in [7, 11) is 0. The second-order valence-electron chi connectivity index (χ2n) is 4.95. The summed E-state index contributed by atoms with van der Waals surface area (Å²) in [4.78, 5) is 17.2. The lowest BCUT2D eigenvalue weighted by Gasteiger charge is -2.10. The highest BCUT2D eigenvalue weighted by molar-refractivity contribution is 7.16. The molecule has 0 aliphatic carbocycles. The first-order valence-electron chi connectivity index (χ1n) is 6.70. The molecule has 3 rings (SSSR count). The van der Waals surface area contributed by atoms with E-state index in [2.05, 4.69) is 10.3 Å². The SMILES string of the molecule is Cc1ccc2ncc(C(=O)NCC(O)c3ccc(Cl)s3)n2c1. The summed E-state index contributed by atoms with van der Waals surface area (Å²) in [5.41, 5.74) is 2.18. The van der Waals surface area contributed by atoms with Crippen molar-refractivity contribution in [2.75, 3.05) is 6.54 Å². The molecular weight excluding hydrogens is 322 g/mol. The zero-order chi connectivity index (χ0) is 15.7. The third-order valence-corrected chi connectivity index (χ3v) is 4.60. The molecule has 0 aliphatic rings. The molecule has 5 nitrogen and oxygen atoms in total. The maximum atomic E-state index is 12.3. The lowest BCUT2D eigenvalue weighted by molar-refractivity contribution is 0.0912. The largest absolute Gasteiger partial charge is 0.386 e. The Bertz CT molecular complexity index is 827. The van der Waals surface area contributed by atoms with E-state index in [1.54, 1.807) is 16.5 Å². The van der Waals surface area contributed by atoms with E-state index in [9.17, 15) is 9.90 Å². The summed E-state index contributed by atoms with van der Waals surface area (Å²) in [5.74, 6) is -0.278. The fourth-order valence-corrected chi connectivity index (χ4v) is 3.19. The van der Waals surface area contributed by atoms with Crippen LogP contribution in [0.15, 0.2) is 36.7 Å². The summed E-state index contributed by atoms with van der Waals surface area (Å²) in [6, 6.07) is 7.27. The molecule has 1 atom stereocenters. The van der Waals surface area contributed by atoms with Gasteiger partial charge in [0.25, 0.3) is 5.91 Å². The van der Waals surface area contributed by atoms with Crippen LogP contribution in [0.4, 0.5) is 0 Å². The summed E-state index contributed by atoms with van der Waals surface area (Å²) >= 11 is 7.13. The molecule has 7 heteroatoms. The molecule has 1 amide bonds. The smallest absolute Gasteiger partial charge is 0.270 e. The molecule has 3 heterocycles. The standard InChI is InChI=1S/C15H14ClN3O2S/c1-9-2-5-14-17-6-10(19(14)8-9)15(21)18-7-11(20)12-3-4-13(16)22-12/h2-6,8,11,20H,7H2,1H3,(H,18,21). The zero-order valence-electron chi connectivity index (χ0n) is 11.8. The number of pyridine rings is 1. The van der Waals surface area contributed by atoms with Crippen LogP contribution < -0.4 is 5.32 Å². The van der Waals surface area contributed by atoms with Gasteiger partial charge in [-0.05, 0) is 30.7 Å². The number of aryl methyl sites for hydroxylation is 1. The molecule has 0 saturated heterocycles. The highest BCUT2D eigenvalue weighted by atomic mass is 35.5. The molecule has 0 bridgehead atoms. The quantitative estimate of drug-likeness (QED) is 0.770. The molecule has 114 valence electrons. The number of aliphatic hydroxyl groups is 1. The van der Waals surface area contributed by atoms with Crippen molar-refractivity contribution in [1.29, 1.82) is 0 Å². The molecule has 0 spiro atoms. The van der Waals surface area contributed by atoms with Gasteiger partial charge in [0.2, 0.25) is 0 Å². The van der Waals surface area contributed by atoms with Crippen LogP contribution in [0.1, 0.15) is 27.0 Å². The predicted molar refractivity (Wildman–Crippen MR) is 86.6 cm³/mol. The van der Waals surface area contributed by atoms with Gasteiger partial charge in [0.1, 0.15) is 17.4 Å². The highest BCUT2D eigenvalue weighted by Gasteiger charge is 2.15. The number of rotatable bonds is 4. The number of carbonyl (C=O) groups excluding carboxylic acids is 1. The van der Waals surface area contributed by atoms with Crippen molar-refractivity contribution < 1.29 is 9.90 Å². The summed E-state index contributed by atoms with van der Waals surface area (Å²) < 4.78 is 2.34. The number of thiophene rings is 1. The number of aliphatic hydroxyl groups excluding tert-OH is 1. The Hall–Kier alpha value is -1.89. The number of carbonyl (C=O) groups is 1. The highest BCUT2D eigenvalue weighted by Crippen LogP contribution is 2.26. The van der Waals surface area contributed by atoms with Crippen molar-refractivity contribution in [1.82, 2.24) is 14.7 Å². The van der Waals surface area contributed by atoms with E-state index < -0.39 is 6.10 Å². The number of nitrogens with zero attached hydrogens (tertiary/aromatic N) is 2. The second-order valence-corrected chi connectivity index (χ2v) is 6.69. The van der Waals surface area contributed by atoms with Gasteiger partial charge < -0.3 is 10.4 Å². The molecule has 3 aromatic rings. The molecule has 3 aromatic heterocycles. The number of imidazole rings is 1. The van der Waals surface area contributed by atoms with Gasteiger partial charge in [0.05, 0.1) is 10.5 Å². The van der Waals surface area contributed by atoms with Crippen LogP contribution >= 0.6 is 22.9 Å². The third-order valence-electron chi connectivity index (χ3n) is 3.26. The van der Waals surface area contributed by atoms with Crippen LogP contribution in [0, 0.1) is 6.92 Å². The van der Waals surface area contributed by atoms with Gasteiger partial charge in [-0.15, -0.1) is 11.3 Å². The first kappa shape index (κ1) is 15.0. The van der Waals surface area contributed by atoms with Gasteiger partial charge in [-0.3, -0.25) is 9.20 Å². The van der Waals surface area contributed by atoms with Crippen LogP contribution in [-0.4, -0.2) is 26.9 Å². The first-order valence-corrected chi connectivity index (χ1v) is 7.89. The van der Waals surface area contributed by atoms with Crippen LogP contribution in [0.3, 0.4) is 0 Å². The van der Waals surface area contributed by atoms with Crippen LogP contribution in [0.25, 0.3) is 5.65 Å². The Morgan fingerprint density at radius 3 is 3.00 bits per heavy atom. The fraction of sp³-hybridized carbons (Fsp3) is 0.200. The van der Waals surface area contributed by atoms with Crippen molar-refractivity contribution >= 4 is 34.5 Å². The van der Waals surface area contributed by atoms with Gasteiger partial charge >= 0.3 is 0 Å². The topological polar surface area (TPSA) is 66.6 Å². The maximum Gasteiger partial charge on any atom is 0.270 e. The number of nitrogens with one attached hydrogen (secondary N) is 1. The molecule has 22 heavy (non-hydrogen) atoms. The maximum absolute atomic E-state index is 12.3. The summed E-state index contributed by atoms with van der Waals surface area (Å²) in [5, 5.41) is 12.8. The Morgan fingerprint density at radius 1 is 1.45 bits per heavy atom. The van der Waals surface area contributed by atoms with E-state index in [0.717, 1.165) is 10.4 Å². The van der Waals surface area contributed by atoms with E-state index in [1.807, 2.05) is 25.3 Å². The summed E-state index contributed by atoms with van der Waals surface area (Å²) in [6.45, 7) is 2.07. The van der Waals surface area contributed by atoms with Crippen molar-refractivity contribution in [2.24, 2.45) is 0 Å². The Kier molecular flexibility index (Phi) is 4.15. The minimum Gasteiger partial charge on any atom is -0.386 e. The van der Waals surface area contributed by atoms with Crippen molar-refractivity contribution in [2.45, 2.75) is 13.0 Å². The average molecular weight is 336 g/mol. The lowest BCUT2D eigenvalue weighted by atomic mass is 10.3. The van der Waals surface area contributed by atoms with Gasteiger partial charge in [0.15, 0.2) is 0 Å². The van der Waals surface area contributed by atoms with Gasteiger partial charge in [-0.1, -0.05) is 17.7 Å². The normalized spacial score (nSPS) is 12.5. The lowest BCUT2D eigenvalue weighted by Crippen LogP contribution is -2.29. The van der Waals surface area contributed by atoms with Crippen molar-refractivity contribution in [3.8, 4) is 0 Å². The van der Waals surface area contributed by atoms with Crippen molar-refractivity contribution in [3.05, 3.63) is 57.1 Å². The minimum absolute atomic E-state index is 0.120. The number of fused-ring (bicyclic) bond motifs is 1. The molecule has 1 unspecified atom stereocenters. The zero-order valence-corrected chi connectivity index (χ0v) is 13.4. The number of halogens is 1. The second kappa shape index (κ2) is 6.08. The Balaban J connectivity index is 1.72. The monoisotopic (exact) mass is 335 g/mol. The van der Waals surface area contributed by atoms with Crippen LogP contribution in [-0.2, 0) is 0 Å². The molecule has 0 radical (unpaired) electrons. The van der Waals surface area contributed by atoms with Crippen LogP contribution in [0.2, 0.25) is 4.34 Å². The molecule has 0 saturated carbocycles. The summed E-state index contributed by atoms with van der Waals surface area (Å²) in [6.07, 6.45) is 2.60. The molecular formula is C15H14ClN3O2S. The van der Waals surface area contributed by atoms with E-state index in [-0.39, 0.29) is 12.5 Å². The van der Waals surface area contributed by atoms with Gasteiger partial charge in [-0.25, -0.2) is 4.98 Å². The molecule has 2 N–H and O–H groups in total. The van der Waals surface area contributed by atoms with E-state index in [1.165, 1.54) is 17.5 Å². The van der Waals surface area contributed by atoms with Gasteiger partial charge in [0, 0.05) is 17.6 Å². The third kappa shape index (κ3) is 2.99. The number of aromatic nitrogens is 2. The minimum atomic E-state index is -0.776. The molecule has 0 fully saturated rings. The van der Waals surface area contributed by atoms with E-state index in [4.69, 9.17) is 11.6 Å². The average Bonchev–Trinajstić information content (AvgIpc) is 3.10. The van der Waals surface area contributed by atoms with Crippen molar-refractivity contribution in [3.63, 3.8) is 0 Å². The van der Waals surface area contributed by atoms with E-state index >= 15 is 0 Å². The Morgan fingerprint density at radius 2 is 2.27 bits per heavy atom. The van der Waals surface area contributed by atoms with Gasteiger partial charge in [-0.2, -0.15) is 0 Å². The number of hydrogen-bond acceptors (Lipinski definition) is 4. The van der Waals surface area contributed by atoms with E-state index in [0.29, 0.717) is 15.7 Å². The molecule has 0 aromatic carbocycles. The fourth-order valence-electron chi connectivity index (χ4n) is 2.14. The first-order chi connectivity index (χ1) is 10.5. The number of hydrogen-bond donors (Lipinski definition) is 2. The molecule has 0 aliphatic heterocycles. The van der Waals surface area contributed by atoms with Crippen LogP contribution in [0.5, 0.6) is 0 Å².